The molecule has 38 heavy (non-hydrogen) atoms. The Hall–Kier alpha value is -3.22. The summed E-state index contributed by atoms with van der Waals surface area (Å²) in [5.41, 5.74) is 2.60. The first-order chi connectivity index (χ1) is 18.2. The van der Waals surface area contributed by atoms with E-state index in [0.29, 0.717) is 16.9 Å². The van der Waals surface area contributed by atoms with Crippen molar-refractivity contribution in [1.29, 1.82) is 0 Å². The summed E-state index contributed by atoms with van der Waals surface area (Å²) in [7, 11) is 0. The number of esters is 2. The van der Waals surface area contributed by atoms with Crippen molar-refractivity contribution < 1.29 is 28.7 Å². The smallest absolute Gasteiger partial charge is 0.348 e. The molecular formula is C26H29N3O6S3. The van der Waals surface area contributed by atoms with E-state index < -0.39 is 17.8 Å². The second kappa shape index (κ2) is 13.5. The highest BCUT2D eigenvalue weighted by Crippen LogP contribution is 2.34. The number of carbonyl (C=O) groups excluding carboxylic acids is 4. The minimum atomic E-state index is -0.639. The lowest BCUT2D eigenvalue weighted by molar-refractivity contribution is -0.115. The van der Waals surface area contributed by atoms with Gasteiger partial charge in [0, 0.05) is 6.54 Å². The van der Waals surface area contributed by atoms with E-state index in [1.165, 1.54) is 11.3 Å². The van der Waals surface area contributed by atoms with Gasteiger partial charge in [0.2, 0.25) is 5.91 Å². The van der Waals surface area contributed by atoms with Crippen LogP contribution in [0.5, 0.6) is 0 Å². The van der Waals surface area contributed by atoms with Crippen molar-refractivity contribution >= 4 is 73.4 Å². The molecule has 0 saturated heterocycles. The van der Waals surface area contributed by atoms with Crippen LogP contribution in [-0.2, 0) is 25.6 Å². The second-order valence-corrected chi connectivity index (χ2v) is 11.0. The quantitative estimate of drug-likeness (QED) is 0.260. The summed E-state index contributed by atoms with van der Waals surface area (Å²) < 4.78 is 13.1. The van der Waals surface area contributed by atoms with Crippen molar-refractivity contribution in [3.8, 4) is 0 Å². The first-order valence-corrected chi connectivity index (χ1v) is 14.6. The number of nitrogens with zero attached hydrogens (tertiary/aromatic N) is 2. The van der Waals surface area contributed by atoms with E-state index in [9.17, 15) is 19.2 Å². The maximum Gasteiger partial charge on any atom is 0.348 e. The monoisotopic (exact) mass is 575 g/mol. The topological polar surface area (TPSA) is 116 Å². The van der Waals surface area contributed by atoms with E-state index >= 15 is 0 Å². The van der Waals surface area contributed by atoms with Crippen molar-refractivity contribution in [2.75, 3.05) is 30.0 Å². The molecule has 0 saturated carbocycles. The number of thiophene rings is 1. The Labute approximate surface area is 232 Å². The number of nitrogens with one attached hydrogen (secondary N) is 1. The number of hydrogen-bond acceptors (Lipinski definition) is 9. The fraction of sp³-hybridized carbons (Fsp3) is 0.346. The molecule has 0 aliphatic carbocycles. The van der Waals surface area contributed by atoms with Gasteiger partial charge in [0.15, 0.2) is 4.80 Å². The Balaban J connectivity index is 1.70. The Morgan fingerprint density at radius 2 is 1.79 bits per heavy atom. The number of ether oxygens (including phenoxy) is 2. The average Bonchev–Trinajstić information content (AvgIpc) is 3.35. The first kappa shape index (κ1) is 29.3. The number of hydrogen-bond donors (Lipinski definition) is 1. The van der Waals surface area contributed by atoms with Gasteiger partial charge in [-0.15, -0.1) is 29.7 Å². The molecular weight excluding hydrogens is 547 g/mol. The Morgan fingerprint density at radius 3 is 2.47 bits per heavy atom. The van der Waals surface area contributed by atoms with Crippen molar-refractivity contribution in [3.05, 3.63) is 57.2 Å². The molecule has 0 spiro atoms. The van der Waals surface area contributed by atoms with Crippen molar-refractivity contribution in [1.82, 2.24) is 4.57 Å². The van der Waals surface area contributed by atoms with Gasteiger partial charge in [0.05, 0.1) is 40.5 Å². The molecule has 0 atom stereocenters. The molecule has 1 N–H and O–H groups in total. The molecule has 2 amide bonds. The summed E-state index contributed by atoms with van der Waals surface area (Å²) in [6.07, 6.45) is 1.75. The number of aromatic nitrogens is 1. The highest BCUT2D eigenvalue weighted by atomic mass is 32.2. The molecule has 1 aromatic carbocycles. The standard InChI is InChI=1S/C26H29N3O6S3/c1-6-11-29-17-10-9-15(4)12-18(17)37-26(29)28-20(31)14-36-13-19(30)27-23-21(24(32)34-7-2)16(5)22(38-23)25(33)35-8-3/h6,9-10,12H,1,7-8,11,13-14H2,2-5H3,(H,27,30). The normalized spacial score (nSPS) is 11.4. The van der Waals surface area contributed by atoms with Crippen LogP contribution in [0.3, 0.4) is 0 Å². The lowest BCUT2D eigenvalue weighted by Crippen LogP contribution is -2.19. The number of thioether (sulfide) groups is 1. The maximum absolute atomic E-state index is 12.6. The third-order valence-electron chi connectivity index (χ3n) is 5.17. The SMILES string of the molecule is C=CCn1c(=NC(=O)CSCC(=O)Nc2sc(C(=O)OCC)c(C)c2C(=O)OCC)sc2cc(C)ccc21. The number of anilines is 1. The van der Waals surface area contributed by atoms with Crippen LogP contribution in [0.2, 0.25) is 0 Å². The fourth-order valence-corrected chi connectivity index (χ4v) is 6.40. The number of allylic oxidation sites excluding steroid dienone is 1. The number of amides is 2. The van der Waals surface area contributed by atoms with Crippen molar-refractivity contribution in [2.45, 2.75) is 34.2 Å². The molecule has 2 aromatic heterocycles. The number of thiazole rings is 1. The van der Waals surface area contributed by atoms with Gasteiger partial charge >= 0.3 is 11.9 Å². The fourth-order valence-electron chi connectivity index (χ4n) is 3.55. The van der Waals surface area contributed by atoms with Crippen LogP contribution in [-0.4, -0.2) is 53.0 Å². The second-order valence-electron chi connectivity index (χ2n) is 8.00. The van der Waals surface area contributed by atoms with Gasteiger partial charge in [-0.3, -0.25) is 9.59 Å². The highest BCUT2D eigenvalue weighted by Gasteiger charge is 2.27. The van der Waals surface area contributed by atoms with E-state index in [4.69, 9.17) is 9.47 Å². The van der Waals surface area contributed by atoms with E-state index in [-0.39, 0.29) is 46.1 Å². The van der Waals surface area contributed by atoms with Crippen LogP contribution in [0.15, 0.2) is 35.8 Å². The Bertz CT molecular complexity index is 1450. The Morgan fingerprint density at radius 1 is 1.08 bits per heavy atom. The lowest BCUT2D eigenvalue weighted by Gasteiger charge is -2.07. The zero-order chi connectivity index (χ0) is 27.8. The predicted octanol–water partition coefficient (Wildman–Crippen LogP) is 4.72. The van der Waals surface area contributed by atoms with E-state index in [1.54, 1.807) is 26.8 Å². The first-order valence-electron chi connectivity index (χ1n) is 11.8. The van der Waals surface area contributed by atoms with Crippen LogP contribution >= 0.6 is 34.4 Å². The maximum atomic E-state index is 12.6. The summed E-state index contributed by atoms with van der Waals surface area (Å²) in [4.78, 5) is 55.1. The third-order valence-corrected chi connectivity index (χ3v) is 8.31. The van der Waals surface area contributed by atoms with Crippen LogP contribution in [0.25, 0.3) is 10.2 Å². The number of fused-ring (bicyclic) bond motifs is 1. The van der Waals surface area contributed by atoms with Crippen LogP contribution in [0.1, 0.15) is 45.0 Å². The molecule has 12 heteroatoms. The summed E-state index contributed by atoms with van der Waals surface area (Å²) in [5.74, 6) is -2.06. The molecule has 0 unspecified atom stereocenters. The zero-order valence-corrected chi connectivity index (χ0v) is 24.1. The highest BCUT2D eigenvalue weighted by molar-refractivity contribution is 8.00. The largest absolute Gasteiger partial charge is 0.462 e. The molecule has 202 valence electrons. The summed E-state index contributed by atoms with van der Waals surface area (Å²) in [6.45, 7) is 11.6. The summed E-state index contributed by atoms with van der Waals surface area (Å²) in [5, 5.41) is 2.88. The zero-order valence-electron chi connectivity index (χ0n) is 21.6. The van der Waals surface area contributed by atoms with Crippen molar-refractivity contribution in [3.63, 3.8) is 0 Å². The van der Waals surface area contributed by atoms with Gasteiger partial charge in [-0.05, 0) is 51.0 Å². The number of benzene rings is 1. The van der Waals surface area contributed by atoms with Crippen molar-refractivity contribution in [2.24, 2.45) is 4.99 Å². The van der Waals surface area contributed by atoms with Gasteiger partial charge in [-0.25, -0.2) is 9.59 Å². The van der Waals surface area contributed by atoms with Gasteiger partial charge in [-0.2, -0.15) is 4.99 Å². The minimum Gasteiger partial charge on any atom is -0.462 e. The molecule has 9 nitrogen and oxygen atoms in total. The molecule has 0 aliphatic heterocycles. The van der Waals surface area contributed by atoms with Gasteiger partial charge in [0.1, 0.15) is 9.88 Å². The number of rotatable bonds is 11. The Kier molecular flexibility index (Phi) is 10.5. The molecule has 0 bridgehead atoms. The van der Waals surface area contributed by atoms with Crippen LogP contribution in [0, 0.1) is 13.8 Å². The lowest BCUT2D eigenvalue weighted by atomic mass is 10.1. The van der Waals surface area contributed by atoms with Crippen LogP contribution < -0.4 is 10.1 Å². The molecule has 0 aliphatic rings. The third kappa shape index (κ3) is 7.00. The minimum absolute atomic E-state index is 0.00292. The van der Waals surface area contributed by atoms with E-state index in [0.717, 1.165) is 38.9 Å². The molecule has 0 fully saturated rings. The molecule has 3 rings (SSSR count). The van der Waals surface area contributed by atoms with Gasteiger partial charge < -0.3 is 19.4 Å². The number of carbonyl (C=O) groups is 4. The number of aryl methyl sites for hydroxylation is 1. The summed E-state index contributed by atoms with van der Waals surface area (Å²) in [6, 6.07) is 6.05. The molecule has 0 radical (unpaired) electrons. The van der Waals surface area contributed by atoms with E-state index in [1.807, 2.05) is 29.7 Å². The van der Waals surface area contributed by atoms with E-state index in [2.05, 4.69) is 16.9 Å². The predicted molar refractivity (Wildman–Crippen MR) is 152 cm³/mol. The average molecular weight is 576 g/mol. The molecule has 3 aromatic rings. The van der Waals surface area contributed by atoms with Crippen LogP contribution in [0.4, 0.5) is 5.00 Å². The van der Waals surface area contributed by atoms with Gasteiger partial charge in [0.25, 0.3) is 5.91 Å². The van der Waals surface area contributed by atoms with Gasteiger partial charge in [-0.1, -0.05) is 23.5 Å². The summed E-state index contributed by atoms with van der Waals surface area (Å²) >= 11 is 3.48. The molecule has 2 heterocycles.